The molecule has 0 radical (unpaired) electrons. The lowest BCUT2D eigenvalue weighted by molar-refractivity contribution is 0.673. The number of furan rings is 1. The van der Waals surface area contributed by atoms with Crippen molar-refractivity contribution in [1.29, 1.82) is 0 Å². The van der Waals surface area contributed by atoms with E-state index < -0.39 is 0 Å². The number of aromatic nitrogens is 4. The molecule has 236 valence electrons. The number of fused-ring (bicyclic) bond motifs is 11. The van der Waals surface area contributed by atoms with Crippen LogP contribution in [0.4, 0.5) is 0 Å². The first-order valence-electron chi connectivity index (χ1n) is 17.0. The maximum atomic E-state index is 6.54. The second-order valence-electron chi connectivity index (χ2n) is 13.0. The maximum Gasteiger partial charge on any atom is 0.144 e. The summed E-state index contributed by atoms with van der Waals surface area (Å²) < 4.78 is 6.54. The molecule has 5 heterocycles. The maximum absolute atomic E-state index is 6.54. The molecule has 0 fully saturated rings. The normalized spacial score (nSPS) is 11.9. The predicted molar refractivity (Wildman–Crippen MR) is 209 cm³/mol. The van der Waals surface area contributed by atoms with Crippen LogP contribution in [0.1, 0.15) is 0 Å². The molecule has 51 heavy (non-hydrogen) atoms. The Morgan fingerprint density at radius 2 is 1.25 bits per heavy atom. The summed E-state index contributed by atoms with van der Waals surface area (Å²) in [6.07, 6.45) is 5.66. The summed E-state index contributed by atoms with van der Waals surface area (Å²) in [6.45, 7) is 0. The van der Waals surface area contributed by atoms with E-state index in [0.29, 0.717) is 0 Å². The van der Waals surface area contributed by atoms with Crippen LogP contribution >= 0.6 is 0 Å². The van der Waals surface area contributed by atoms with Crippen molar-refractivity contribution in [1.82, 2.24) is 19.9 Å². The highest BCUT2D eigenvalue weighted by Crippen LogP contribution is 2.41. The minimum absolute atomic E-state index is 0.888. The van der Waals surface area contributed by atoms with Gasteiger partial charge >= 0.3 is 0 Å². The molecule has 0 spiro atoms. The van der Waals surface area contributed by atoms with Crippen molar-refractivity contribution in [3.8, 4) is 33.5 Å². The fourth-order valence-corrected chi connectivity index (χ4v) is 7.75. The number of pyridine rings is 4. The van der Waals surface area contributed by atoms with E-state index in [2.05, 4.69) is 120 Å². The van der Waals surface area contributed by atoms with Gasteiger partial charge in [-0.2, -0.15) is 0 Å². The van der Waals surface area contributed by atoms with Crippen LogP contribution in [-0.4, -0.2) is 19.9 Å². The molecule has 11 rings (SSSR count). The molecule has 0 atom stereocenters. The van der Waals surface area contributed by atoms with Crippen molar-refractivity contribution in [2.45, 2.75) is 0 Å². The first kappa shape index (κ1) is 27.9. The van der Waals surface area contributed by atoms with Gasteiger partial charge in [0.05, 0.1) is 27.8 Å². The van der Waals surface area contributed by atoms with Crippen LogP contribution in [0.5, 0.6) is 0 Å². The third-order valence-electron chi connectivity index (χ3n) is 10.2. The van der Waals surface area contributed by atoms with Crippen LogP contribution in [0.2, 0.25) is 0 Å². The molecule has 0 saturated heterocycles. The zero-order chi connectivity index (χ0) is 33.5. The highest BCUT2D eigenvalue weighted by molar-refractivity contribution is 6.24. The minimum Gasteiger partial charge on any atom is -0.455 e. The zero-order valence-electron chi connectivity index (χ0n) is 27.2. The van der Waals surface area contributed by atoms with E-state index >= 15 is 0 Å². The van der Waals surface area contributed by atoms with E-state index in [4.69, 9.17) is 19.4 Å². The second-order valence-corrected chi connectivity index (χ2v) is 13.0. The molecule has 5 heteroatoms. The summed E-state index contributed by atoms with van der Waals surface area (Å²) in [6, 6.07) is 48.6. The van der Waals surface area contributed by atoms with Crippen molar-refractivity contribution in [3.05, 3.63) is 158 Å². The van der Waals surface area contributed by atoms with Gasteiger partial charge in [0, 0.05) is 72.8 Å². The van der Waals surface area contributed by atoms with Crippen molar-refractivity contribution in [3.63, 3.8) is 0 Å². The van der Waals surface area contributed by atoms with Crippen LogP contribution in [0.15, 0.2) is 163 Å². The molecule has 5 aromatic heterocycles. The Kier molecular flexibility index (Phi) is 5.89. The first-order valence-corrected chi connectivity index (χ1v) is 17.0. The summed E-state index contributed by atoms with van der Waals surface area (Å²) in [5, 5.41) is 8.69. The molecule has 5 nitrogen and oxygen atoms in total. The summed E-state index contributed by atoms with van der Waals surface area (Å²) >= 11 is 0. The topological polar surface area (TPSA) is 64.7 Å². The third-order valence-corrected chi connectivity index (χ3v) is 10.2. The SMILES string of the molecule is c1cc(-c2cnc3ccc(-c4ccnc5c4ccc4cccnc45)cc3c2)cc(-c2nc3ccccc3c3c2ccc2c4ccccc4oc23)c1. The van der Waals surface area contributed by atoms with Gasteiger partial charge in [-0.25, -0.2) is 4.98 Å². The molecule has 6 aromatic carbocycles. The third kappa shape index (κ3) is 4.28. The minimum atomic E-state index is 0.888. The number of rotatable bonds is 3. The molecule has 0 unspecified atom stereocenters. The Labute approximate surface area is 291 Å². The molecular weight excluding hydrogens is 625 g/mol. The predicted octanol–water partition coefficient (Wildman–Crippen LogP) is 11.9. The van der Waals surface area contributed by atoms with Gasteiger partial charge in [-0.3, -0.25) is 15.0 Å². The van der Waals surface area contributed by atoms with Crippen LogP contribution in [0.3, 0.4) is 0 Å². The quantitative estimate of drug-likeness (QED) is 0.178. The summed E-state index contributed by atoms with van der Waals surface area (Å²) in [5.41, 5.74) is 11.8. The Balaban J connectivity index is 1.06. The van der Waals surface area contributed by atoms with E-state index in [1.54, 1.807) is 0 Å². The van der Waals surface area contributed by atoms with Gasteiger partial charge in [-0.05, 0) is 71.3 Å². The Morgan fingerprint density at radius 1 is 0.431 bits per heavy atom. The standard InChI is InChI=1S/C46H26N4O/c1-3-12-40-37(11-1)42-38(18-17-36-34-10-2-4-13-41(34)51-46(36)42)43(50-40)30-8-5-7-28(23-30)32-25-31-24-29(15-19-39(31)49-26-32)33-20-22-48-45-35(33)16-14-27-9-6-21-47-44(27)45/h1-26H. The Hall–Kier alpha value is -6.98. The van der Waals surface area contributed by atoms with Crippen molar-refractivity contribution in [2.75, 3.05) is 0 Å². The molecule has 0 amide bonds. The summed E-state index contributed by atoms with van der Waals surface area (Å²) in [5.74, 6) is 0. The lowest BCUT2D eigenvalue weighted by atomic mass is 9.95. The van der Waals surface area contributed by atoms with Gasteiger partial charge < -0.3 is 4.42 Å². The van der Waals surface area contributed by atoms with E-state index in [1.807, 2.05) is 42.9 Å². The molecule has 11 aromatic rings. The van der Waals surface area contributed by atoms with E-state index in [-0.39, 0.29) is 0 Å². The second kappa shape index (κ2) is 10.8. The zero-order valence-corrected chi connectivity index (χ0v) is 27.2. The number of nitrogens with zero attached hydrogens (tertiary/aromatic N) is 4. The lowest BCUT2D eigenvalue weighted by Crippen LogP contribution is -1.91. The van der Waals surface area contributed by atoms with Crippen molar-refractivity contribution < 1.29 is 4.42 Å². The smallest absolute Gasteiger partial charge is 0.144 e. The van der Waals surface area contributed by atoms with Gasteiger partial charge in [0.25, 0.3) is 0 Å². The fourth-order valence-electron chi connectivity index (χ4n) is 7.75. The first-order chi connectivity index (χ1) is 25.3. The number of benzene rings is 6. The van der Waals surface area contributed by atoms with Crippen LogP contribution < -0.4 is 0 Å². The van der Waals surface area contributed by atoms with Crippen molar-refractivity contribution in [2.24, 2.45) is 0 Å². The van der Waals surface area contributed by atoms with Gasteiger partial charge in [0.1, 0.15) is 11.2 Å². The van der Waals surface area contributed by atoms with Gasteiger partial charge in [0.2, 0.25) is 0 Å². The molecule has 0 bridgehead atoms. The Bertz CT molecular complexity index is 3220. The van der Waals surface area contributed by atoms with Crippen molar-refractivity contribution >= 4 is 76.3 Å². The van der Waals surface area contributed by atoms with E-state index in [0.717, 1.165) is 110 Å². The molecule has 0 N–H and O–H groups in total. The van der Waals surface area contributed by atoms with Crippen LogP contribution in [0.25, 0.3) is 110 Å². The number of hydrogen-bond acceptors (Lipinski definition) is 5. The van der Waals surface area contributed by atoms with E-state index in [9.17, 15) is 0 Å². The van der Waals surface area contributed by atoms with Gasteiger partial charge in [-0.1, -0.05) is 84.9 Å². The molecular formula is C46H26N4O. The molecule has 0 aliphatic carbocycles. The Morgan fingerprint density at radius 3 is 2.24 bits per heavy atom. The van der Waals surface area contributed by atoms with Gasteiger partial charge in [0.15, 0.2) is 0 Å². The number of para-hydroxylation sites is 2. The fraction of sp³-hybridized carbons (Fsp3) is 0. The largest absolute Gasteiger partial charge is 0.455 e. The highest BCUT2D eigenvalue weighted by Gasteiger charge is 2.18. The molecule has 0 aliphatic rings. The lowest BCUT2D eigenvalue weighted by Gasteiger charge is -2.12. The monoisotopic (exact) mass is 650 g/mol. The molecule has 0 saturated carbocycles. The molecule has 0 aliphatic heterocycles. The number of hydrogen-bond donors (Lipinski definition) is 0. The summed E-state index contributed by atoms with van der Waals surface area (Å²) in [7, 11) is 0. The van der Waals surface area contributed by atoms with E-state index in [1.165, 1.54) is 0 Å². The highest BCUT2D eigenvalue weighted by atomic mass is 16.3. The van der Waals surface area contributed by atoms with Crippen LogP contribution in [-0.2, 0) is 0 Å². The average molecular weight is 651 g/mol. The van der Waals surface area contributed by atoms with Crippen LogP contribution in [0, 0.1) is 0 Å². The van der Waals surface area contributed by atoms with Gasteiger partial charge in [-0.15, -0.1) is 0 Å². The average Bonchev–Trinajstić information content (AvgIpc) is 3.59. The summed E-state index contributed by atoms with van der Waals surface area (Å²) in [4.78, 5) is 19.5.